The number of nitrogens with zero attached hydrogens (tertiary/aromatic N) is 2. The Morgan fingerprint density at radius 1 is 1.35 bits per heavy atom. The van der Waals surface area contributed by atoms with Gasteiger partial charge in [0.15, 0.2) is 0 Å². The van der Waals surface area contributed by atoms with Crippen LogP contribution in [0.4, 0.5) is 10.3 Å². The highest BCUT2D eigenvalue weighted by atomic mass is 35.5. The number of hydrogen-bond donors (Lipinski definition) is 1. The predicted molar refractivity (Wildman–Crippen MR) is 79.5 cm³/mol. The van der Waals surface area contributed by atoms with Gasteiger partial charge in [-0.25, -0.2) is 9.37 Å². The van der Waals surface area contributed by atoms with Crippen molar-refractivity contribution in [1.82, 2.24) is 9.55 Å². The average Bonchev–Trinajstić information content (AvgIpc) is 2.70. The van der Waals surface area contributed by atoms with Crippen molar-refractivity contribution < 1.29 is 9.13 Å². The molecule has 110 valence electrons. The summed E-state index contributed by atoms with van der Waals surface area (Å²) >= 11 is 5.81. The fraction of sp³-hybridized carbons (Fsp3) is 0.500. The van der Waals surface area contributed by atoms with E-state index in [4.69, 9.17) is 22.1 Å². The van der Waals surface area contributed by atoms with Crippen LogP contribution in [0.25, 0.3) is 11.0 Å². The molecule has 0 saturated heterocycles. The number of unbranched alkanes of at least 4 members (excludes halogenated alkanes) is 1. The van der Waals surface area contributed by atoms with Gasteiger partial charge in [0, 0.05) is 25.8 Å². The second kappa shape index (κ2) is 6.90. The minimum Gasteiger partial charge on any atom is -0.381 e. The van der Waals surface area contributed by atoms with Crippen molar-refractivity contribution in [1.29, 1.82) is 0 Å². The van der Waals surface area contributed by atoms with E-state index in [1.807, 2.05) is 4.57 Å². The first-order valence-corrected chi connectivity index (χ1v) is 7.19. The summed E-state index contributed by atoms with van der Waals surface area (Å²) in [5.74, 6) is -0.109. The molecule has 0 bridgehead atoms. The Kier molecular flexibility index (Phi) is 5.20. The van der Waals surface area contributed by atoms with E-state index in [-0.39, 0.29) is 5.02 Å². The van der Waals surface area contributed by atoms with Crippen LogP contribution in [0.1, 0.15) is 26.2 Å². The maximum absolute atomic E-state index is 13.4. The van der Waals surface area contributed by atoms with Gasteiger partial charge in [0.05, 0.1) is 16.1 Å². The highest BCUT2D eigenvalue weighted by Crippen LogP contribution is 2.24. The van der Waals surface area contributed by atoms with Crippen LogP contribution in [0, 0.1) is 5.82 Å². The van der Waals surface area contributed by atoms with Crippen LogP contribution < -0.4 is 5.73 Å². The number of aromatic nitrogens is 2. The topological polar surface area (TPSA) is 53.1 Å². The lowest BCUT2D eigenvalue weighted by Gasteiger charge is -2.07. The second-order valence-electron chi connectivity index (χ2n) is 4.70. The smallest absolute Gasteiger partial charge is 0.201 e. The summed E-state index contributed by atoms with van der Waals surface area (Å²) in [6, 6.07) is 2.87. The molecule has 0 aliphatic carbocycles. The normalized spacial score (nSPS) is 11.3. The lowest BCUT2D eigenvalue weighted by molar-refractivity contribution is 0.126. The van der Waals surface area contributed by atoms with E-state index >= 15 is 0 Å². The standard InChI is InChI=1S/C14H19ClFN3O/c1-2-3-6-20-7-4-5-19-13-8-10(15)11(16)9-12(13)18-14(19)17/h8-9H,2-7H2,1H3,(H2,17,18). The molecule has 0 unspecified atom stereocenters. The molecule has 20 heavy (non-hydrogen) atoms. The average molecular weight is 300 g/mol. The molecule has 2 rings (SSSR count). The molecule has 0 saturated carbocycles. The summed E-state index contributed by atoms with van der Waals surface area (Å²) in [6.07, 6.45) is 3.03. The van der Waals surface area contributed by atoms with E-state index in [1.54, 1.807) is 6.07 Å². The third kappa shape index (κ3) is 3.41. The van der Waals surface area contributed by atoms with E-state index in [1.165, 1.54) is 6.07 Å². The zero-order valence-corrected chi connectivity index (χ0v) is 12.3. The highest BCUT2D eigenvalue weighted by molar-refractivity contribution is 6.31. The Morgan fingerprint density at radius 3 is 2.85 bits per heavy atom. The molecular formula is C14H19ClFN3O. The van der Waals surface area contributed by atoms with Crippen LogP contribution in [-0.2, 0) is 11.3 Å². The summed E-state index contributed by atoms with van der Waals surface area (Å²) in [5.41, 5.74) is 7.14. The fourth-order valence-corrected chi connectivity index (χ4v) is 2.20. The molecule has 1 aromatic heterocycles. The molecule has 4 nitrogen and oxygen atoms in total. The minimum atomic E-state index is -0.480. The number of benzene rings is 1. The van der Waals surface area contributed by atoms with Gasteiger partial charge in [-0.3, -0.25) is 0 Å². The van der Waals surface area contributed by atoms with Crippen molar-refractivity contribution in [3.63, 3.8) is 0 Å². The number of aryl methyl sites for hydroxylation is 1. The molecule has 0 atom stereocenters. The van der Waals surface area contributed by atoms with Crippen molar-refractivity contribution in [3.8, 4) is 0 Å². The number of halogens is 2. The largest absolute Gasteiger partial charge is 0.381 e. The Labute approximate surface area is 122 Å². The van der Waals surface area contributed by atoms with Crippen molar-refractivity contribution in [2.45, 2.75) is 32.7 Å². The maximum atomic E-state index is 13.4. The Bertz CT molecular complexity index is 585. The summed E-state index contributed by atoms with van der Waals surface area (Å²) in [5, 5.41) is 0.0813. The first kappa shape index (κ1) is 15.1. The van der Waals surface area contributed by atoms with Crippen molar-refractivity contribution >= 4 is 28.6 Å². The summed E-state index contributed by atoms with van der Waals surface area (Å²) in [6.45, 7) is 4.27. The molecule has 0 aliphatic rings. The molecule has 6 heteroatoms. The molecule has 1 heterocycles. The second-order valence-corrected chi connectivity index (χ2v) is 5.10. The Balaban J connectivity index is 2.02. The number of nitrogens with two attached hydrogens (primary N) is 1. The minimum absolute atomic E-state index is 0.0813. The number of anilines is 1. The first-order valence-electron chi connectivity index (χ1n) is 6.82. The number of nitrogen functional groups attached to an aromatic ring is 1. The summed E-state index contributed by atoms with van der Waals surface area (Å²) in [4.78, 5) is 4.14. The van der Waals surface area contributed by atoms with E-state index in [0.29, 0.717) is 24.6 Å². The molecule has 2 aromatic rings. The van der Waals surface area contributed by atoms with Crippen molar-refractivity contribution in [2.24, 2.45) is 0 Å². The summed E-state index contributed by atoms with van der Waals surface area (Å²) in [7, 11) is 0. The van der Waals surface area contributed by atoms with Crippen LogP contribution in [0.3, 0.4) is 0 Å². The molecule has 0 spiro atoms. The van der Waals surface area contributed by atoms with Crippen LogP contribution >= 0.6 is 11.6 Å². The van der Waals surface area contributed by atoms with Gasteiger partial charge in [-0.05, 0) is 18.9 Å². The number of rotatable bonds is 7. The molecule has 0 radical (unpaired) electrons. The van der Waals surface area contributed by atoms with Gasteiger partial charge < -0.3 is 15.0 Å². The molecule has 0 fully saturated rings. The lowest BCUT2D eigenvalue weighted by Crippen LogP contribution is -2.06. The van der Waals surface area contributed by atoms with Crippen LogP contribution in [-0.4, -0.2) is 22.8 Å². The van der Waals surface area contributed by atoms with E-state index in [9.17, 15) is 4.39 Å². The first-order chi connectivity index (χ1) is 9.63. The van der Waals surface area contributed by atoms with Gasteiger partial charge in [-0.2, -0.15) is 0 Å². The van der Waals surface area contributed by atoms with Crippen LogP contribution in [0.5, 0.6) is 0 Å². The lowest BCUT2D eigenvalue weighted by atomic mass is 10.3. The quantitative estimate of drug-likeness (QED) is 0.795. The van der Waals surface area contributed by atoms with Gasteiger partial charge in [-0.15, -0.1) is 0 Å². The Hall–Kier alpha value is -1.33. The van der Waals surface area contributed by atoms with Gasteiger partial charge in [-0.1, -0.05) is 24.9 Å². The third-order valence-electron chi connectivity index (χ3n) is 3.13. The number of imidazole rings is 1. The molecule has 2 N–H and O–H groups in total. The monoisotopic (exact) mass is 299 g/mol. The third-order valence-corrected chi connectivity index (χ3v) is 3.42. The Morgan fingerprint density at radius 2 is 2.10 bits per heavy atom. The van der Waals surface area contributed by atoms with Gasteiger partial charge in [0.1, 0.15) is 5.82 Å². The molecular weight excluding hydrogens is 281 g/mol. The number of fused-ring (bicyclic) bond motifs is 1. The number of hydrogen-bond acceptors (Lipinski definition) is 3. The summed E-state index contributed by atoms with van der Waals surface area (Å²) < 4.78 is 20.7. The zero-order chi connectivity index (χ0) is 14.5. The van der Waals surface area contributed by atoms with Crippen molar-refractivity contribution in [3.05, 3.63) is 23.0 Å². The zero-order valence-electron chi connectivity index (χ0n) is 11.5. The van der Waals surface area contributed by atoms with Gasteiger partial charge >= 0.3 is 0 Å². The SMILES string of the molecule is CCCCOCCCn1c(N)nc2cc(F)c(Cl)cc21. The van der Waals surface area contributed by atoms with Crippen LogP contribution in [0.15, 0.2) is 12.1 Å². The van der Waals surface area contributed by atoms with E-state index in [2.05, 4.69) is 11.9 Å². The van der Waals surface area contributed by atoms with Gasteiger partial charge in [0.2, 0.25) is 5.95 Å². The predicted octanol–water partition coefficient (Wildman–Crippen LogP) is 3.62. The fourth-order valence-electron chi connectivity index (χ4n) is 2.05. The molecule has 1 aromatic carbocycles. The van der Waals surface area contributed by atoms with E-state index < -0.39 is 5.82 Å². The van der Waals surface area contributed by atoms with Gasteiger partial charge in [0.25, 0.3) is 0 Å². The van der Waals surface area contributed by atoms with Crippen LogP contribution in [0.2, 0.25) is 5.02 Å². The van der Waals surface area contributed by atoms with E-state index in [0.717, 1.165) is 31.4 Å². The molecule has 0 aliphatic heterocycles. The highest BCUT2D eigenvalue weighted by Gasteiger charge is 2.11. The molecule has 0 amide bonds. The maximum Gasteiger partial charge on any atom is 0.201 e. The van der Waals surface area contributed by atoms with Crippen molar-refractivity contribution in [2.75, 3.05) is 18.9 Å². The number of ether oxygens (including phenoxy) is 1.